The van der Waals surface area contributed by atoms with Crippen LogP contribution in [-0.4, -0.2) is 26.3 Å². The third-order valence-corrected chi connectivity index (χ3v) is 2.68. The zero-order valence-electron chi connectivity index (χ0n) is 8.58. The van der Waals surface area contributed by atoms with Gasteiger partial charge < -0.3 is 10.2 Å². The molecule has 0 saturated heterocycles. The van der Waals surface area contributed by atoms with E-state index < -0.39 is 12.2 Å². The van der Waals surface area contributed by atoms with Crippen molar-refractivity contribution in [2.45, 2.75) is 12.2 Å². The number of benzene rings is 1. The van der Waals surface area contributed by atoms with Crippen molar-refractivity contribution >= 4 is 22.5 Å². The molecule has 1 aromatic heterocycles. The number of hydrogen-bond acceptors (Lipinski definition) is 5. The maximum Gasteiger partial charge on any atom is 0.170 e. The first-order valence-electron chi connectivity index (χ1n) is 4.79. The summed E-state index contributed by atoms with van der Waals surface area (Å²) in [5, 5.41) is 28.3. The van der Waals surface area contributed by atoms with Gasteiger partial charge in [0.05, 0.1) is 11.6 Å². The standard InChI is InChI=1S/C11H8ClN3O2/c12-11-7-3-6(10(17)9(16)4-13)1-2-8(7)14-5-15-11/h1-3,5,9-10,16-17H. The summed E-state index contributed by atoms with van der Waals surface area (Å²) in [6.45, 7) is 0. The van der Waals surface area contributed by atoms with Crippen molar-refractivity contribution in [3.63, 3.8) is 0 Å². The van der Waals surface area contributed by atoms with Crippen LogP contribution in [0.25, 0.3) is 10.9 Å². The zero-order chi connectivity index (χ0) is 12.4. The SMILES string of the molecule is N#CC(O)C(O)c1ccc2ncnc(Cl)c2c1. The average molecular weight is 250 g/mol. The molecular formula is C11H8ClN3O2. The Morgan fingerprint density at radius 1 is 1.29 bits per heavy atom. The molecule has 5 nitrogen and oxygen atoms in total. The minimum Gasteiger partial charge on any atom is -0.385 e. The third kappa shape index (κ3) is 2.19. The second-order valence-corrected chi connectivity index (χ2v) is 3.82. The van der Waals surface area contributed by atoms with Crippen molar-refractivity contribution in [3.05, 3.63) is 35.2 Å². The maximum absolute atomic E-state index is 9.68. The van der Waals surface area contributed by atoms with Crippen molar-refractivity contribution < 1.29 is 10.2 Å². The van der Waals surface area contributed by atoms with Crippen molar-refractivity contribution in [3.8, 4) is 6.07 Å². The van der Waals surface area contributed by atoms with Gasteiger partial charge in [-0.15, -0.1) is 0 Å². The fraction of sp³-hybridized carbons (Fsp3) is 0.182. The molecule has 2 unspecified atom stereocenters. The molecule has 0 aliphatic heterocycles. The molecule has 1 heterocycles. The van der Waals surface area contributed by atoms with Crippen LogP contribution in [-0.2, 0) is 0 Å². The number of halogens is 1. The van der Waals surface area contributed by atoms with Gasteiger partial charge >= 0.3 is 0 Å². The summed E-state index contributed by atoms with van der Waals surface area (Å²) in [6, 6.07) is 6.35. The van der Waals surface area contributed by atoms with Gasteiger partial charge in [-0.2, -0.15) is 5.26 Å². The molecular weight excluding hydrogens is 242 g/mol. The number of nitrogens with zero attached hydrogens (tertiary/aromatic N) is 3. The fourth-order valence-corrected chi connectivity index (χ4v) is 1.67. The van der Waals surface area contributed by atoms with Gasteiger partial charge in [-0.1, -0.05) is 17.7 Å². The van der Waals surface area contributed by atoms with Crippen molar-refractivity contribution in [2.24, 2.45) is 0 Å². The fourth-order valence-electron chi connectivity index (χ4n) is 1.48. The highest BCUT2D eigenvalue weighted by molar-refractivity contribution is 6.34. The number of aromatic nitrogens is 2. The summed E-state index contributed by atoms with van der Waals surface area (Å²) in [4.78, 5) is 7.82. The summed E-state index contributed by atoms with van der Waals surface area (Å²) in [6.07, 6.45) is -1.42. The zero-order valence-corrected chi connectivity index (χ0v) is 9.33. The molecule has 0 saturated carbocycles. The lowest BCUT2D eigenvalue weighted by molar-refractivity contribution is 0.0529. The molecule has 17 heavy (non-hydrogen) atoms. The summed E-state index contributed by atoms with van der Waals surface area (Å²) >= 11 is 5.89. The van der Waals surface area contributed by atoms with E-state index in [0.717, 1.165) is 0 Å². The lowest BCUT2D eigenvalue weighted by atomic mass is 10.0. The van der Waals surface area contributed by atoms with Crippen LogP contribution in [0.3, 0.4) is 0 Å². The van der Waals surface area contributed by atoms with E-state index in [1.807, 2.05) is 0 Å². The second kappa shape index (κ2) is 4.63. The van der Waals surface area contributed by atoms with Crippen molar-refractivity contribution in [2.75, 3.05) is 0 Å². The Morgan fingerprint density at radius 3 is 2.76 bits per heavy atom. The first-order chi connectivity index (χ1) is 8.13. The molecule has 0 spiro atoms. The van der Waals surface area contributed by atoms with E-state index in [1.165, 1.54) is 6.33 Å². The van der Waals surface area contributed by atoms with E-state index >= 15 is 0 Å². The van der Waals surface area contributed by atoms with E-state index in [-0.39, 0.29) is 5.15 Å². The van der Waals surface area contributed by atoms with E-state index in [9.17, 15) is 10.2 Å². The number of aliphatic hydroxyl groups excluding tert-OH is 2. The Hall–Kier alpha value is -1.74. The van der Waals surface area contributed by atoms with Crippen LogP contribution in [0.5, 0.6) is 0 Å². The molecule has 0 aliphatic carbocycles. The van der Waals surface area contributed by atoms with Gasteiger partial charge in [0.1, 0.15) is 17.6 Å². The molecule has 0 fully saturated rings. The highest BCUT2D eigenvalue weighted by Gasteiger charge is 2.18. The lowest BCUT2D eigenvalue weighted by Gasteiger charge is -2.12. The highest BCUT2D eigenvalue weighted by Crippen LogP contribution is 2.24. The maximum atomic E-state index is 9.68. The van der Waals surface area contributed by atoms with Gasteiger partial charge in [0.15, 0.2) is 6.10 Å². The van der Waals surface area contributed by atoms with Crippen LogP contribution < -0.4 is 0 Å². The van der Waals surface area contributed by atoms with E-state index in [1.54, 1.807) is 24.3 Å². The predicted molar refractivity (Wildman–Crippen MR) is 61.1 cm³/mol. The van der Waals surface area contributed by atoms with E-state index in [2.05, 4.69) is 9.97 Å². The number of aliphatic hydroxyl groups is 2. The normalized spacial score (nSPS) is 14.2. The van der Waals surface area contributed by atoms with Crippen LogP contribution >= 0.6 is 11.6 Å². The second-order valence-electron chi connectivity index (χ2n) is 3.46. The van der Waals surface area contributed by atoms with Crippen LogP contribution in [0.15, 0.2) is 24.5 Å². The Bertz CT molecular complexity index is 597. The molecule has 0 radical (unpaired) electrons. The quantitative estimate of drug-likeness (QED) is 0.617. The predicted octanol–water partition coefficient (Wildman–Crippen LogP) is 1.20. The Morgan fingerprint density at radius 2 is 2.06 bits per heavy atom. The van der Waals surface area contributed by atoms with Crippen LogP contribution in [0.4, 0.5) is 0 Å². The highest BCUT2D eigenvalue weighted by atomic mass is 35.5. The molecule has 1 aromatic carbocycles. The van der Waals surface area contributed by atoms with Gasteiger partial charge in [0.2, 0.25) is 0 Å². The van der Waals surface area contributed by atoms with Gasteiger partial charge in [0, 0.05) is 5.39 Å². The summed E-state index contributed by atoms with van der Waals surface area (Å²) in [5.41, 5.74) is 1.02. The molecule has 2 rings (SSSR count). The molecule has 6 heteroatoms. The van der Waals surface area contributed by atoms with E-state index in [4.69, 9.17) is 16.9 Å². The Balaban J connectivity index is 2.52. The minimum absolute atomic E-state index is 0.260. The number of hydrogen-bond donors (Lipinski definition) is 2. The monoisotopic (exact) mass is 249 g/mol. The van der Waals surface area contributed by atoms with Gasteiger partial charge in [0.25, 0.3) is 0 Å². The summed E-state index contributed by atoms with van der Waals surface area (Å²) in [7, 11) is 0. The van der Waals surface area contributed by atoms with Gasteiger partial charge in [-0.3, -0.25) is 0 Å². The first kappa shape index (κ1) is 11.7. The smallest absolute Gasteiger partial charge is 0.170 e. The Labute approximate surface area is 102 Å². The van der Waals surface area contributed by atoms with Crippen molar-refractivity contribution in [1.29, 1.82) is 5.26 Å². The average Bonchev–Trinajstić information content (AvgIpc) is 2.37. The largest absolute Gasteiger partial charge is 0.385 e. The summed E-state index contributed by atoms with van der Waals surface area (Å²) in [5.74, 6) is 0. The molecule has 2 atom stereocenters. The van der Waals surface area contributed by atoms with Crippen LogP contribution in [0.1, 0.15) is 11.7 Å². The molecule has 86 valence electrons. The number of nitriles is 1. The van der Waals surface area contributed by atoms with E-state index in [0.29, 0.717) is 16.5 Å². The molecule has 0 bridgehead atoms. The van der Waals surface area contributed by atoms with Crippen LogP contribution in [0.2, 0.25) is 5.15 Å². The van der Waals surface area contributed by atoms with Gasteiger partial charge in [-0.05, 0) is 17.7 Å². The third-order valence-electron chi connectivity index (χ3n) is 2.38. The molecule has 0 aliphatic rings. The molecule has 0 amide bonds. The topological polar surface area (TPSA) is 90.0 Å². The molecule has 2 N–H and O–H groups in total. The lowest BCUT2D eigenvalue weighted by Crippen LogP contribution is -2.15. The first-order valence-corrected chi connectivity index (χ1v) is 5.17. The summed E-state index contributed by atoms with van der Waals surface area (Å²) < 4.78 is 0. The number of fused-ring (bicyclic) bond motifs is 1. The van der Waals surface area contributed by atoms with Crippen LogP contribution in [0, 0.1) is 11.3 Å². The van der Waals surface area contributed by atoms with Crippen molar-refractivity contribution in [1.82, 2.24) is 9.97 Å². The molecule has 2 aromatic rings. The number of rotatable bonds is 2. The Kier molecular flexibility index (Phi) is 3.20. The minimum atomic E-state index is -1.48. The van der Waals surface area contributed by atoms with Gasteiger partial charge in [-0.25, -0.2) is 9.97 Å².